The molecule has 0 aliphatic carbocycles. The summed E-state index contributed by atoms with van der Waals surface area (Å²) in [6.45, 7) is 7.52. The fraction of sp³-hybridized carbons (Fsp3) is 0.417. The van der Waals surface area contributed by atoms with Gasteiger partial charge in [-0.3, -0.25) is 4.79 Å². The minimum absolute atomic E-state index is 0.204. The average molecular weight is 414 g/mol. The zero-order valence-corrected chi connectivity index (χ0v) is 17.9. The van der Waals surface area contributed by atoms with Gasteiger partial charge in [0.25, 0.3) is 5.91 Å². The summed E-state index contributed by atoms with van der Waals surface area (Å²) in [5.41, 5.74) is 2.55. The average Bonchev–Trinajstić information content (AvgIpc) is 3.05. The van der Waals surface area contributed by atoms with Crippen molar-refractivity contribution in [2.24, 2.45) is 0 Å². The van der Waals surface area contributed by atoms with Crippen LogP contribution in [0.15, 0.2) is 36.4 Å². The third-order valence-corrected chi connectivity index (χ3v) is 5.32. The van der Waals surface area contributed by atoms with Gasteiger partial charge in [0, 0.05) is 18.7 Å². The van der Waals surface area contributed by atoms with Crippen molar-refractivity contribution in [1.29, 1.82) is 0 Å². The Kier molecular flexibility index (Phi) is 7.19. The van der Waals surface area contributed by atoms with Gasteiger partial charge in [-0.1, -0.05) is 32.8 Å². The van der Waals surface area contributed by atoms with E-state index >= 15 is 0 Å². The smallest absolute Gasteiger partial charge is 0.254 e. The summed E-state index contributed by atoms with van der Waals surface area (Å²) in [6.07, 6.45) is 3.76. The molecule has 0 saturated carbocycles. The lowest BCUT2D eigenvalue weighted by molar-refractivity contribution is 0.0732. The molecule has 0 saturated heterocycles. The first-order valence-corrected chi connectivity index (χ1v) is 10.6. The van der Waals surface area contributed by atoms with Crippen LogP contribution in [-0.4, -0.2) is 26.9 Å². The highest BCUT2D eigenvalue weighted by molar-refractivity contribution is 5.95. The molecule has 1 heterocycles. The molecule has 2 aromatic carbocycles. The Morgan fingerprint density at radius 1 is 1.03 bits per heavy atom. The summed E-state index contributed by atoms with van der Waals surface area (Å²) in [5, 5.41) is 0. The van der Waals surface area contributed by atoms with Gasteiger partial charge in [-0.25, -0.2) is 13.8 Å². The van der Waals surface area contributed by atoms with Crippen molar-refractivity contribution < 1.29 is 13.6 Å². The van der Waals surface area contributed by atoms with Crippen LogP contribution in [-0.2, 0) is 13.1 Å². The maximum absolute atomic E-state index is 13.8. The van der Waals surface area contributed by atoms with Crippen molar-refractivity contribution in [2.75, 3.05) is 6.54 Å². The summed E-state index contributed by atoms with van der Waals surface area (Å²) in [4.78, 5) is 19.7. The molecule has 0 radical (unpaired) electrons. The van der Waals surface area contributed by atoms with Gasteiger partial charge in [-0.05, 0) is 55.7 Å². The van der Waals surface area contributed by atoms with Crippen LogP contribution in [0.25, 0.3) is 11.0 Å². The zero-order valence-electron chi connectivity index (χ0n) is 17.9. The van der Waals surface area contributed by atoms with E-state index in [0.717, 1.165) is 42.6 Å². The Morgan fingerprint density at radius 3 is 2.50 bits per heavy atom. The van der Waals surface area contributed by atoms with Crippen LogP contribution in [0.3, 0.4) is 0 Å². The van der Waals surface area contributed by atoms with Crippen molar-refractivity contribution in [2.45, 2.75) is 59.5 Å². The van der Waals surface area contributed by atoms with Crippen LogP contribution >= 0.6 is 0 Å². The molecule has 0 atom stereocenters. The fourth-order valence-corrected chi connectivity index (χ4v) is 3.71. The van der Waals surface area contributed by atoms with E-state index in [2.05, 4.69) is 18.8 Å². The number of carbonyl (C=O) groups is 1. The zero-order chi connectivity index (χ0) is 21.7. The van der Waals surface area contributed by atoms with Crippen molar-refractivity contribution in [3.05, 3.63) is 65.0 Å². The van der Waals surface area contributed by atoms with Crippen LogP contribution in [0.5, 0.6) is 0 Å². The molecule has 0 unspecified atom stereocenters. The van der Waals surface area contributed by atoms with E-state index in [9.17, 15) is 13.6 Å². The summed E-state index contributed by atoms with van der Waals surface area (Å²) in [7, 11) is 0. The second-order valence-corrected chi connectivity index (χ2v) is 7.71. The lowest BCUT2D eigenvalue weighted by Crippen LogP contribution is -2.33. The topological polar surface area (TPSA) is 38.1 Å². The summed E-state index contributed by atoms with van der Waals surface area (Å²) >= 11 is 0. The molecule has 0 fully saturated rings. The van der Waals surface area contributed by atoms with E-state index in [1.165, 1.54) is 24.3 Å². The number of halogens is 2. The van der Waals surface area contributed by atoms with Gasteiger partial charge >= 0.3 is 0 Å². The molecule has 160 valence electrons. The van der Waals surface area contributed by atoms with E-state index in [-0.39, 0.29) is 11.7 Å². The monoisotopic (exact) mass is 413 g/mol. The van der Waals surface area contributed by atoms with E-state index in [1.807, 2.05) is 11.5 Å². The molecule has 0 bridgehead atoms. The molecule has 6 heteroatoms. The van der Waals surface area contributed by atoms with E-state index in [0.29, 0.717) is 30.7 Å². The first-order valence-electron chi connectivity index (χ1n) is 10.6. The van der Waals surface area contributed by atoms with Gasteiger partial charge in [-0.15, -0.1) is 0 Å². The number of unbranched alkanes of at least 4 members (excludes halogenated alkanes) is 2. The minimum Gasteiger partial charge on any atom is -0.331 e. The van der Waals surface area contributed by atoms with Crippen LogP contribution in [0.2, 0.25) is 0 Å². The normalized spacial score (nSPS) is 11.2. The maximum Gasteiger partial charge on any atom is 0.254 e. The number of carbonyl (C=O) groups excluding carboxylic acids is 1. The lowest BCUT2D eigenvalue weighted by Gasteiger charge is -2.24. The highest BCUT2D eigenvalue weighted by Crippen LogP contribution is 2.21. The molecule has 1 amide bonds. The third kappa shape index (κ3) is 4.86. The molecule has 3 aromatic rings. The second-order valence-electron chi connectivity index (χ2n) is 7.71. The van der Waals surface area contributed by atoms with Gasteiger partial charge in [0.15, 0.2) is 0 Å². The minimum atomic E-state index is -0.425. The molecule has 0 N–H and O–H groups in total. The number of aromatic nitrogens is 2. The molecular formula is C24H29F2N3O. The third-order valence-electron chi connectivity index (χ3n) is 5.32. The second kappa shape index (κ2) is 9.83. The Labute approximate surface area is 176 Å². The molecule has 30 heavy (non-hydrogen) atoms. The summed E-state index contributed by atoms with van der Waals surface area (Å²) < 4.78 is 29.6. The summed E-state index contributed by atoms with van der Waals surface area (Å²) in [6, 6.07) is 8.84. The Hall–Kier alpha value is -2.76. The van der Waals surface area contributed by atoms with Gasteiger partial charge < -0.3 is 9.47 Å². The first-order chi connectivity index (χ1) is 14.4. The number of imidazole rings is 1. The number of amides is 1. The maximum atomic E-state index is 13.8. The van der Waals surface area contributed by atoms with Crippen LogP contribution in [0.1, 0.15) is 61.3 Å². The van der Waals surface area contributed by atoms with Crippen molar-refractivity contribution in [1.82, 2.24) is 14.5 Å². The molecule has 0 aliphatic rings. The number of hydrogen-bond donors (Lipinski definition) is 0. The molecule has 0 aliphatic heterocycles. The van der Waals surface area contributed by atoms with Crippen LogP contribution < -0.4 is 0 Å². The molecule has 0 spiro atoms. The highest BCUT2D eigenvalue weighted by atomic mass is 19.1. The predicted octanol–water partition coefficient (Wildman–Crippen LogP) is 5.87. The number of hydrogen-bond acceptors (Lipinski definition) is 2. The number of rotatable bonds is 9. The molecule has 4 nitrogen and oxygen atoms in total. The number of nitrogens with zero attached hydrogens (tertiary/aromatic N) is 3. The standard InChI is InChI=1S/C24H29F2N3O/c1-4-6-7-13-28(24(30)20-14-18(25)9-8-17(20)3)16-23-27-21-11-10-19(26)15-22(21)29(23)12-5-2/h8-11,14-15H,4-7,12-13,16H2,1-3H3. The largest absolute Gasteiger partial charge is 0.331 e. The molecule has 1 aromatic heterocycles. The molecular weight excluding hydrogens is 384 g/mol. The number of benzene rings is 2. The van der Waals surface area contributed by atoms with Gasteiger partial charge in [0.2, 0.25) is 0 Å². The highest BCUT2D eigenvalue weighted by Gasteiger charge is 2.21. The number of aryl methyl sites for hydroxylation is 2. The predicted molar refractivity (Wildman–Crippen MR) is 115 cm³/mol. The van der Waals surface area contributed by atoms with Crippen LogP contribution in [0.4, 0.5) is 8.78 Å². The first kappa shape index (κ1) is 21.9. The molecule has 3 rings (SSSR count). The van der Waals surface area contributed by atoms with Crippen molar-refractivity contribution in [3.63, 3.8) is 0 Å². The SMILES string of the molecule is CCCCCN(Cc1nc2ccc(F)cc2n1CCC)C(=O)c1cc(F)ccc1C. The summed E-state index contributed by atoms with van der Waals surface area (Å²) in [5.74, 6) is -0.218. The van der Waals surface area contributed by atoms with Gasteiger partial charge in [0.1, 0.15) is 17.5 Å². The van der Waals surface area contributed by atoms with Gasteiger partial charge in [0.05, 0.1) is 17.6 Å². The Bertz CT molecular complexity index is 1030. The van der Waals surface area contributed by atoms with Gasteiger partial charge in [-0.2, -0.15) is 0 Å². The van der Waals surface area contributed by atoms with Crippen molar-refractivity contribution >= 4 is 16.9 Å². The van der Waals surface area contributed by atoms with Crippen LogP contribution in [0, 0.1) is 18.6 Å². The Morgan fingerprint density at radius 2 is 1.77 bits per heavy atom. The quantitative estimate of drug-likeness (QED) is 0.412. The Balaban J connectivity index is 1.98. The van der Waals surface area contributed by atoms with E-state index in [4.69, 9.17) is 0 Å². The van der Waals surface area contributed by atoms with E-state index in [1.54, 1.807) is 17.0 Å². The fourth-order valence-electron chi connectivity index (χ4n) is 3.71. The number of fused-ring (bicyclic) bond motifs is 1. The van der Waals surface area contributed by atoms with E-state index < -0.39 is 5.82 Å². The van der Waals surface area contributed by atoms with Crippen molar-refractivity contribution in [3.8, 4) is 0 Å². The lowest BCUT2D eigenvalue weighted by atomic mass is 10.1.